The molecule has 24 heavy (non-hydrogen) atoms. The van der Waals surface area contributed by atoms with Crippen molar-refractivity contribution in [3.05, 3.63) is 24.3 Å². The standard InChI is InChI=1S/C17H23NO4S2/c1-22-13-6-8-15(9-7-13)24(20,21)16-10-18(11-16)17(19)12-23-14-4-2-3-5-14/h6-9,14,16H,2-5,10-12H2,1H3. The number of carbonyl (C=O) groups is 1. The Morgan fingerprint density at radius 1 is 1.21 bits per heavy atom. The van der Waals surface area contributed by atoms with Crippen LogP contribution in [0, 0.1) is 0 Å². The molecule has 1 aromatic rings. The van der Waals surface area contributed by atoms with Gasteiger partial charge < -0.3 is 9.64 Å². The molecule has 0 aromatic heterocycles. The maximum Gasteiger partial charge on any atom is 0.232 e. The molecule has 1 saturated heterocycles. The minimum absolute atomic E-state index is 0.0630. The largest absolute Gasteiger partial charge is 0.497 e. The van der Waals surface area contributed by atoms with Gasteiger partial charge in [-0.05, 0) is 37.1 Å². The fraction of sp³-hybridized carbons (Fsp3) is 0.588. The highest BCUT2D eigenvalue weighted by Gasteiger charge is 2.40. The Balaban J connectivity index is 1.51. The van der Waals surface area contributed by atoms with Gasteiger partial charge in [0.15, 0.2) is 9.84 Å². The highest BCUT2D eigenvalue weighted by molar-refractivity contribution is 8.00. The van der Waals surface area contributed by atoms with Crippen LogP contribution in [0.1, 0.15) is 25.7 Å². The molecule has 0 spiro atoms. The van der Waals surface area contributed by atoms with Crippen LogP contribution < -0.4 is 4.74 Å². The van der Waals surface area contributed by atoms with Crippen molar-refractivity contribution in [2.24, 2.45) is 0 Å². The van der Waals surface area contributed by atoms with E-state index in [-0.39, 0.29) is 5.91 Å². The van der Waals surface area contributed by atoms with Gasteiger partial charge in [-0.2, -0.15) is 0 Å². The summed E-state index contributed by atoms with van der Waals surface area (Å²) in [5.41, 5.74) is 0. The lowest BCUT2D eigenvalue weighted by Gasteiger charge is -2.38. The fourth-order valence-electron chi connectivity index (χ4n) is 3.13. The summed E-state index contributed by atoms with van der Waals surface area (Å²) >= 11 is 1.72. The van der Waals surface area contributed by atoms with Crippen LogP contribution in [0.3, 0.4) is 0 Å². The van der Waals surface area contributed by atoms with Gasteiger partial charge in [-0.15, -0.1) is 11.8 Å². The smallest absolute Gasteiger partial charge is 0.232 e. The summed E-state index contributed by atoms with van der Waals surface area (Å²) in [6, 6.07) is 6.42. The number of sulfone groups is 1. The molecule has 0 bridgehead atoms. The van der Waals surface area contributed by atoms with E-state index in [4.69, 9.17) is 4.74 Å². The summed E-state index contributed by atoms with van der Waals surface area (Å²) in [6.07, 6.45) is 4.92. The lowest BCUT2D eigenvalue weighted by Crippen LogP contribution is -2.57. The van der Waals surface area contributed by atoms with Crippen LogP contribution in [-0.4, -0.2) is 55.7 Å². The van der Waals surface area contributed by atoms with Gasteiger partial charge in [0.2, 0.25) is 5.91 Å². The van der Waals surface area contributed by atoms with Crippen LogP contribution in [0.15, 0.2) is 29.2 Å². The molecular weight excluding hydrogens is 346 g/mol. The van der Waals surface area contributed by atoms with Gasteiger partial charge in [0.25, 0.3) is 0 Å². The van der Waals surface area contributed by atoms with E-state index in [9.17, 15) is 13.2 Å². The number of amides is 1. The summed E-state index contributed by atoms with van der Waals surface area (Å²) in [4.78, 5) is 14.1. The average molecular weight is 370 g/mol. The third-order valence-electron chi connectivity index (χ3n) is 4.77. The van der Waals surface area contributed by atoms with Gasteiger partial charge in [-0.1, -0.05) is 12.8 Å². The molecule has 0 radical (unpaired) electrons. The predicted molar refractivity (Wildman–Crippen MR) is 95.3 cm³/mol. The van der Waals surface area contributed by atoms with Crippen molar-refractivity contribution >= 4 is 27.5 Å². The van der Waals surface area contributed by atoms with Gasteiger partial charge in [0, 0.05) is 18.3 Å². The molecule has 5 nitrogen and oxygen atoms in total. The van der Waals surface area contributed by atoms with Crippen molar-refractivity contribution in [2.75, 3.05) is 26.0 Å². The Morgan fingerprint density at radius 3 is 2.42 bits per heavy atom. The SMILES string of the molecule is COc1ccc(S(=O)(=O)C2CN(C(=O)CSC3CCCC3)C2)cc1. The van der Waals surface area contributed by atoms with Crippen LogP contribution in [0.4, 0.5) is 0 Å². The molecule has 2 fully saturated rings. The second-order valence-corrected chi connectivity index (χ2v) is 9.88. The number of carbonyl (C=O) groups excluding carboxylic acids is 1. The quantitative estimate of drug-likeness (QED) is 0.770. The van der Waals surface area contributed by atoms with Crippen molar-refractivity contribution in [1.29, 1.82) is 0 Å². The van der Waals surface area contributed by atoms with E-state index in [0.29, 0.717) is 34.7 Å². The number of hydrogen-bond donors (Lipinski definition) is 0. The molecule has 1 aromatic carbocycles. The van der Waals surface area contributed by atoms with E-state index in [1.165, 1.54) is 25.7 Å². The summed E-state index contributed by atoms with van der Waals surface area (Å²) in [6.45, 7) is 0.608. The van der Waals surface area contributed by atoms with Crippen LogP contribution in [0.25, 0.3) is 0 Å². The van der Waals surface area contributed by atoms with Crippen molar-refractivity contribution in [2.45, 2.75) is 41.1 Å². The monoisotopic (exact) mass is 369 g/mol. The van der Waals surface area contributed by atoms with E-state index in [1.807, 2.05) is 0 Å². The van der Waals surface area contributed by atoms with E-state index in [1.54, 1.807) is 48.0 Å². The Labute approximate surface area is 147 Å². The van der Waals surface area contributed by atoms with Crippen molar-refractivity contribution in [3.63, 3.8) is 0 Å². The molecule has 0 unspecified atom stereocenters. The van der Waals surface area contributed by atoms with Gasteiger partial charge in [-0.3, -0.25) is 4.79 Å². The number of likely N-dealkylation sites (tertiary alicyclic amines) is 1. The zero-order chi connectivity index (χ0) is 17.2. The topological polar surface area (TPSA) is 63.7 Å². The molecule has 0 N–H and O–H groups in total. The van der Waals surface area contributed by atoms with Gasteiger partial charge in [-0.25, -0.2) is 8.42 Å². The zero-order valence-corrected chi connectivity index (χ0v) is 15.4. The van der Waals surface area contributed by atoms with Crippen molar-refractivity contribution in [1.82, 2.24) is 4.90 Å². The van der Waals surface area contributed by atoms with E-state index < -0.39 is 15.1 Å². The maximum atomic E-state index is 12.6. The van der Waals surface area contributed by atoms with Gasteiger partial charge >= 0.3 is 0 Å². The van der Waals surface area contributed by atoms with Crippen molar-refractivity contribution < 1.29 is 17.9 Å². The molecule has 3 rings (SSSR count). The zero-order valence-electron chi connectivity index (χ0n) is 13.8. The van der Waals surface area contributed by atoms with Crippen LogP contribution in [-0.2, 0) is 14.6 Å². The molecule has 0 atom stereocenters. The summed E-state index contributed by atoms with van der Waals surface area (Å²) in [5, 5.41) is 0.111. The van der Waals surface area contributed by atoms with E-state index >= 15 is 0 Å². The fourth-order valence-corrected chi connectivity index (χ4v) is 6.01. The highest BCUT2D eigenvalue weighted by Crippen LogP contribution is 2.30. The van der Waals surface area contributed by atoms with Gasteiger partial charge in [0.1, 0.15) is 11.0 Å². The van der Waals surface area contributed by atoms with Gasteiger partial charge in [0.05, 0.1) is 17.8 Å². The third kappa shape index (κ3) is 3.72. The summed E-state index contributed by atoms with van der Waals surface area (Å²) in [7, 11) is -1.84. The molecule has 7 heteroatoms. The molecule has 1 aliphatic carbocycles. The first kappa shape index (κ1) is 17.6. The molecular formula is C17H23NO4S2. The minimum atomic E-state index is -3.38. The molecule has 132 valence electrons. The molecule has 1 saturated carbocycles. The Morgan fingerprint density at radius 2 is 1.83 bits per heavy atom. The number of rotatable bonds is 6. The van der Waals surface area contributed by atoms with Crippen LogP contribution in [0.5, 0.6) is 5.75 Å². The second-order valence-electron chi connectivity index (χ2n) is 6.36. The first-order chi connectivity index (χ1) is 11.5. The molecule has 1 heterocycles. The number of nitrogens with zero attached hydrogens (tertiary/aromatic N) is 1. The normalized spacial score (nSPS) is 19.3. The van der Waals surface area contributed by atoms with E-state index in [2.05, 4.69) is 0 Å². The van der Waals surface area contributed by atoms with Crippen LogP contribution in [0.2, 0.25) is 0 Å². The van der Waals surface area contributed by atoms with Crippen molar-refractivity contribution in [3.8, 4) is 5.75 Å². The lowest BCUT2D eigenvalue weighted by atomic mass is 10.2. The molecule has 1 aliphatic heterocycles. The number of hydrogen-bond acceptors (Lipinski definition) is 5. The highest BCUT2D eigenvalue weighted by atomic mass is 32.2. The average Bonchev–Trinajstić information content (AvgIpc) is 3.04. The Hall–Kier alpha value is -1.21. The number of methoxy groups -OCH3 is 1. The van der Waals surface area contributed by atoms with Crippen LogP contribution >= 0.6 is 11.8 Å². The number of ether oxygens (including phenoxy) is 1. The number of thioether (sulfide) groups is 1. The molecule has 1 amide bonds. The Kier molecular flexibility index (Phi) is 5.39. The number of benzene rings is 1. The first-order valence-corrected chi connectivity index (χ1v) is 10.9. The third-order valence-corrected chi connectivity index (χ3v) is 8.23. The summed E-state index contributed by atoms with van der Waals surface area (Å²) in [5.74, 6) is 1.16. The minimum Gasteiger partial charge on any atom is -0.497 e. The summed E-state index contributed by atoms with van der Waals surface area (Å²) < 4.78 is 30.2. The van der Waals surface area contributed by atoms with E-state index in [0.717, 1.165) is 0 Å². The molecule has 2 aliphatic rings. The first-order valence-electron chi connectivity index (χ1n) is 8.28. The maximum absolute atomic E-state index is 12.6. The lowest BCUT2D eigenvalue weighted by molar-refractivity contribution is -0.131. The second kappa shape index (κ2) is 7.35. The Bertz CT molecular complexity index is 675. The predicted octanol–water partition coefficient (Wildman–Crippen LogP) is 2.36.